The Labute approximate surface area is 155 Å². The van der Waals surface area contributed by atoms with E-state index in [1.807, 2.05) is 36.4 Å². The third kappa shape index (κ3) is 4.31. The van der Waals surface area contributed by atoms with E-state index < -0.39 is 10.0 Å². The normalized spacial score (nSPS) is 11.2. The van der Waals surface area contributed by atoms with Gasteiger partial charge < -0.3 is 9.47 Å². The maximum atomic E-state index is 13.1. The Kier molecular flexibility index (Phi) is 6.42. The Hall–Kier alpha value is -2.08. The molecule has 2 rings (SSSR count). The highest BCUT2D eigenvalue weighted by Crippen LogP contribution is 2.36. The highest BCUT2D eigenvalue weighted by Gasteiger charge is 2.28. The highest BCUT2D eigenvalue weighted by atomic mass is 79.9. The summed E-state index contributed by atoms with van der Waals surface area (Å²) in [6.07, 6.45) is 0. The summed E-state index contributed by atoms with van der Waals surface area (Å²) in [7, 11) is -1.02. The van der Waals surface area contributed by atoms with Gasteiger partial charge in [-0.15, -0.1) is 0 Å². The zero-order valence-corrected chi connectivity index (χ0v) is 16.2. The zero-order valence-electron chi connectivity index (χ0n) is 13.8. The molecule has 0 amide bonds. The molecule has 0 bridgehead atoms. The van der Waals surface area contributed by atoms with Crippen molar-refractivity contribution in [2.45, 2.75) is 11.4 Å². The summed E-state index contributed by atoms with van der Waals surface area (Å²) in [5.41, 5.74) is 0.790. The zero-order chi connectivity index (χ0) is 18.4. The van der Waals surface area contributed by atoms with Gasteiger partial charge in [-0.1, -0.05) is 30.3 Å². The van der Waals surface area contributed by atoms with Crippen molar-refractivity contribution in [3.8, 4) is 17.6 Å². The molecule has 25 heavy (non-hydrogen) atoms. The average Bonchev–Trinajstić information content (AvgIpc) is 2.61. The number of rotatable bonds is 7. The van der Waals surface area contributed by atoms with Gasteiger partial charge in [0.25, 0.3) is 0 Å². The molecular weight excluding hydrogens is 408 g/mol. The van der Waals surface area contributed by atoms with Gasteiger partial charge in [0, 0.05) is 17.1 Å². The summed E-state index contributed by atoms with van der Waals surface area (Å²) in [5, 5.41) is 9.06. The molecule has 0 radical (unpaired) electrons. The van der Waals surface area contributed by atoms with Crippen LogP contribution < -0.4 is 9.47 Å². The molecule has 0 aliphatic heterocycles. The predicted molar refractivity (Wildman–Crippen MR) is 96.9 cm³/mol. The molecule has 8 heteroatoms. The van der Waals surface area contributed by atoms with E-state index in [-0.39, 0.29) is 18.0 Å². The number of hydrogen-bond acceptors (Lipinski definition) is 5. The SMILES string of the molecule is COc1cc(Br)c(S(=O)(=O)N(CC#N)Cc2ccccc2)cc1OC. The van der Waals surface area contributed by atoms with E-state index in [0.29, 0.717) is 16.0 Å². The molecule has 0 saturated carbocycles. The Morgan fingerprint density at radius 2 is 1.72 bits per heavy atom. The molecule has 0 heterocycles. The van der Waals surface area contributed by atoms with Crippen molar-refractivity contribution < 1.29 is 17.9 Å². The quantitative estimate of drug-likeness (QED) is 0.637. The van der Waals surface area contributed by atoms with Crippen LogP contribution >= 0.6 is 15.9 Å². The monoisotopic (exact) mass is 424 g/mol. The van der Waals surface area contributed by atoms with Crippen LogP contribution in [0.5, 0.6) is 11.5 Å². The number of methoxy groups -OCH3 is 2. The van der Waals surface area contributed by atoms with E-state index in [2.05, 4.69) is 15.9 Å². The fourth-order valence-electron chi connectivity index (χ4n) is 2.26. The van der Waals surface area contributed by atoms with Gasteiger partial charge in [-0.05, 0) is 27.6 Å². The van der Waals surface area contributed by atoms with E-state index in [4.69, 9.17) is 14.7 Å². The number of halogens is 1. The molecular formula is C17H17BrN2O4S. The molecule has 0 unspecified atom stereocenters. The smallest absolute Gasteiger partial charge is 0.245 e. The topological polar surface area (TPSA) is 79.6 Å². The first-order valence-corrected chi connectivity index (χ1v) is 9.50. The molecule has 0 saturated heterocycles. The lowest BCUT2D eigenvalue weighted by molar-refractivity contribution is 0.353. The van der Waals surface area contributed by atoms with E-state index in [1.54, 1.807) is 0 Å². The van der Waals surface area contributed by atoms with Crippen LogP contribution in [0.15, 0.2) is 51.8 Å². The predicted octanol–water partition coefficient (Wildman–Crippen LogP) is 3.18. The first kappa shape index (κ1) is 19.2. The Balaban J connectivity index is 2.48. The third-order valence-electron chi connectivity index (χ3n) is 3.50. The summed E-state index contributed by atoms with van der Waals surface area (Å²) >= 11 is 3.27. The van der Waals surface area contributed by atoms with Gasteiger partial charge in [0.15, 0.2) is 11.5 Å². The number of sulfonamides is 1. The maximum Gasteiger partial charge on any atom is 0.245 e. The van der Waals surface area contributed by atoms with Crippen LogP contribution in [0.2, 0.25) is 0 Å². The molecule has 0 atom stereocenters. The summed E-state index contributed by atoms with van der Waals surface area (Å²) in [6, 6.07) is 13.9. The summed E-state index contributed by atoms with van der Waals surface area (Å²) < 4.78 is 37.9. The van der Waals surface area contributed by atoms with Crippen molar-refractivity contribution in [2.75, 3.05) is 20.8 Å². The first-order chi connectivity index (χ1) is 11.9. The number of nitrogens with zero attached hydrogens (tertiary/aromatic N) is 2. The fraction of sp³-hybridized carbons (Fsp3) is 0.235. The van der Waals surface area contributed by atoms with Gasteiger partial charge in [-0.2, -0.15) is 9.57 Å². The van der Waals surface area contributed by atoms with Gasteiger partial charge >= 0.3 is 0 Å². The van der Waals surface area contributed by atoms with Crippen LogP contribution in [0, 0.1) is 11.3 Å². The molecule has 0 aromatic heterocycles. The second kappa shape index (κ2) is 8.34. The molecule has 0 aliphatic carbocycles. The van der Waals surface area contributed by atoms with Crippen LogP contribution in [0.4, 0.5) is 0 Å². The summed E-state index contributed by atoms with van der Waals surface area (Å²) in [5.74, 6) is 0.698. The maximum absolute atomic E-state index is 13.1. The fourth-order valence-corrected chi connectivity index (χ4v) is 4.59. The van der Waals surface area contributed by atoms with Crippen LogP contribution in [0.25, 0.3) is 0 Å². The Morgan fingerprint density at radius 3 is 2.28 bits per heavy atom. The van der Waals surface area contributed by atoms with E-state index in [9.17, 15) is 8.42 Å². The lowest BCUT2D eigenvalue weighted by atomic mass is 10.2. The summed E-state index contributed by atoms with van der Waals surface area (Å²) in [4.78, 5) is 0.0105. The minimum Gasteiger partial charge on any atom is -0.493 e. The van der Waals surface area contributed by atoms with Crippen molar-refractivity contribution in [1.29, 1.82) is 5.26 Å². The van der Waals surface area contributed by atoms with Crippen molar-refractivity contribution in [1.82, 2.24) is 4.31 Å². The van der Waals surface area contributed by atoms with Gasteiger partial charge in [0.2, 0.25) is 10.0 Å². The van der Waals surface area contributed by atoms with E-state index >= 15 is 0 Å². The van der Waals surface area contributed by atoms with Crippen LogP contribution in [-0.4, -0.2) is 33.5 Å². The first-order valence-electron chi connectivity index (χ1n) is 7.26. The van der Waals surface area contributed by atoms with Crippen LogP contribution in [0.1, 0.15) is 5.56 Å². The molecule has 2 aromatic carbocycles. The number of benzene rings is 2. The standard InChI is InChI=1S/C17H17BrN2O4S/c1-23-15-10-14(18)17(11-16(15)24-2)25(21,22)20(9-8-19)12-13-6-4-3-5-7-13/h3-7,10-11H,9,12H2,1-2H3. The van der Waals surface area contributed by atoms with Gasteiger partial charge in [-0.3, -0.25) is 0 Å². The van der Waals surface area contributed by atoms with Crippen LogP contribution in [-0.2, 0) is 16.6 Å². The number of nitriles is 1. The van der Waals surface area contributed by atoms with Gasteiger partial charge in [0.05, 0.1) is 20.3 Å². The third-order valence-corrected chi connectivity index (χ3v) is 6.25. The number of hydrogen-bond donors (Lipinski definition) is 0. The molecule has 0 N–H and O–H groups in total. The van der Waals surface area contributed by atoms with Crippen molar-refractivity contribution in [3.05, 3.63) is 52.5 Å². The van der Waals surface area contributed by atoms with Crippen molar-refractivity contribution in [2.24, 2.45) is 0 Å². The largest absolute Gasteiger partial charge is 0.493 e. The van der Waals surface area contributed by atoms with Gasteiger partial charge in [0.1, 0.15) is 11.4 Å². The molecule has 2 aromatic rings. The second-order valence-electron chi connectivity index (χ2n) is 5.05. The minimum atomic E-state index is -3.92. The Bertz CT molecular complexity index is 880. The lowest BCUT2D eigenvalue weighted by Crippen LogP contribution is -2.31. The van der Waals surface area contributed by atoms with Crippen molar-refractivity contribution in [3.63, 3.8) is 0 Å². The minimum absolute atomic E-state index is 0.0105. The molecule has 0 spiro atoms. The van der Waals surface area contributed by atoms with E-state index in [0.717, 1.165) is 9.87 Å². The van der Waals surface area contributed by atoms with Crippen LogP contribution in [0.3, 0.4) is 0 Å². The number of ether oxygens (including phenoxy) is 2. The average molecular weight is 425 g/mol. The molecule has 0 aliphatic rings. The van der Waals surface area contributed by atoms with Crippen molar-refractivity contribution >= 4 is 26.0 Å². The molecule has 6 nitrogen and oxygen atoms in total. The lowest BCUT2D eigenvalue weighted by Gasteiger charge is -2.21. The highest BCUT2D eigenvalue weighted by molar-refractivity contribution is 9.10. The molecule has 132 valence electrons. The van der Waals surface area contributed by atoms with E-state index in [1.165, 1.54) is 26.4 Å². The molecule has 0 fully saturated rings. The Morgan fingerprint density at radius 1 is 1.12 bits per heavy atom. The summed E-state index contributed by atoms with van der Waals surface area (Å²) in [6.45, 7) is -0.171. The second-order valence-corrected chi connectivity index (χ2v) is 7.82. The van der Waals surface area contributed by atoms with Gasteiger partial charge in [-0.25, -0.2) is 8.42 Å².